The lowest BCUT2D eigenvalue weighted by atomic mass is 10.0. The van der Waals surface area contributed by atoms with Gasteiger partial charge in [-0.1, -0.05) is 30.3 Å². The van der Waals surface area contributed by atoms with Gasteiger partial charge in [-0.2, -0.15) is 0 Å². The molecule has 3 N–H and O–H groups in total. The molecule has 0 radical (unpaired) electrons. The Hall–Kier alpha value is -2.29. The third kappa shape index (κ3) is 2.60. The van der Waals surface area contributed by atoms with Gasteiger partial charge in [0.15, 0.2) is 0 Å². The lowest BCUT2D eigenvalue weighted by Gasteiger charge is -2.16. The molecule has 3 heteroatoms. The van der Waals surface area contributed by atoms with Gasteiger partial charge in [0.1, 0.15) is 0 Å². The van der Waals surface area contributed by atoms with E-state index in [1.54, 1.807) is 6.07 Å². The highest BCUT2D eigenvalue weighted by atomic mass is 16.1. The zero-order valence-electron chi connectivity index (χ0n) is 11.4. The van der Waals surface area contributed by atoms with E-state index >= 15 is 0 Å². The fourth-order valence-corrected chi connectivity index (χ4v) is 2.18. The Bertz CT molecular complexity index is 612. The lowest BCUT2D eigenvalue weighted by molar-refractivity contribution is 0.100. The summed E-state index contributed by atoms with van der Waals surface area (Å²) in [6, 6.07) is 11.6. The number of primary amides is 1. The highest BCUT2D eigenvalue weighted by molar-refractivity contribution is 6.00. The van der Waals surface area contributed by atoms with Crippen LogP contribution in [0, 0.1) is 20.8 Å². The summed E-state index contributed by atoms with van der Waals surface area (Å²) in [5.41, 5.74) is 11.0. The van der Waals surface area contributed by atoms with Gasteiger partial charge in [-0.05, 0) is 43.5 Å². The zero-order chi connectivity index (χ0) is 14.0. The Morgan fingerprint density at radius 1 is 0.895 bits per heavy atom. The van der Waals surface area contributed by atoms with Gasteiger partial charge in [0, 0.05) is 5.69 Å². The molecule has 0 unspecified atom stereocenters. The molecule has 0 bridgehead atoms. The highest BCUT2D eigenvalue weighted by Crippen LogP contribution is 2.28. The molecular formula is C16H18N2O. The molecular weight excluding hydrogens is 236 g/mol. The maximum Gasteiger partial charge on any atom is 0.250 e. The first-order valence-electron chi connectivity index (χ1n) is 6.23. The molecule has 2 rings (SSSR count). The SMILES string of the molecule is Cc1cccc(C)c1Nc1c(C)cccc1C(N)=O. The van der Waals surface area contributed by atoms with Crippen LogP contribution in [-0.2, 0) is 0 Å². The second-order valence-corrected chi connectivity index (χ2v) is 4.75. The Labute approximate surface area is 113 Å². The molecule has 0 saturated heterocycles. The van der Waals surface area contributed by atoms with Gasteiger partial charge in [-0.3, -0.25) is 4.79 Å². The summed E-state index contributed by atoms with van der Waals surface area (Å²) in [6.45, 7) is 6.04. The second-order valence-electron chi connectivity index (χ2n) is 4.75. The second kappa shape index (κ2) is 5.14. The number of nitrogens with two attached hydrogens (primary N) is 1. The molecule has 0 aliphatic carbocycles. The number of rotatable bonds is 3. The number of para-hydroxylation sites is 2. The van der Waals surface area contributed by atoms with E-state index in [0.717, 1.165) is 28.1 Å². The fourth-order valence-electron chi connectivity index (χ4n) is 2.18. The average molecular weight is 254 g/mol. The van der Waals surface area contributed by atoms with Gasteiger partial charge in [-0.15, -0.1) is 0 Å². The van der Waals surface area contributed by atoms with Crippen molar-refractivity contribution >= 4 is 17.3 Å². The fraction of sp³-hybridized carbons (Fsp3) is 0.188. The summed E-state index contributed by atoms with van der Waals surface area (Å²) >= 11 is 0. The van der Waals surface area contributed by atoms with E-state index in [2.05, 4.69) is 5.32 Å². The molecule has 0 atom stereocenters. The molecule has 0 spiro atoms. The lowest BCUT2D eigenvalue weighted by Crippen LogP contribution is -2.14. The topological polar surface area (TPSA) is 55.1 Å². The molecule has 0 aromatic heterocycles. The monoisotopic (exact) mass is 254 g/mol. The standard InChI is InChI=1S/C16H18N2O/c1-10-6-4-7-11(2)14(10)18-15-12(3)8-5-9-13(15)16(17)19/h4-9,18H,1-3H3,(H2,17,19). The number of aryl methyl sites for hydroxylation is 3. The van der Waals surface area contributed by atoms with Gasteiger partial charge in [0.25, 0.3) is 5.91 Å². The quantitative estimate of drug-likeness (QED) is 0.881. The smallest absolute Gasteiger partial charge is 0.250 e. The summed E-state index contributed by atoms with van der Waals surface area (Å²) < 4.78 is 0. The third-order valence-electron chi connectivity index (χ3n) is 3.27. The average Bonchev–Trinajstić information content (AvgIpc) is 2.35. The number of carbonyl (C=O) groups is 1. The zero-order valence-corrected chi connectivity index (χ0v) is 11.4. The Morgan fingerprint density at radius 2 is 1.37 bits per heavy atom. The van der Waals surface area contributed by atoms with E-state index in [-0.39, 0.29) is 0 Å². The van der Waals surface area contributed by atoms with Crippen molar-refractivity contribution in [3.05, 3.63) is 58.7 Å². The van der Waals surface area contributed by atoms with Crippen LogP contribution >= 0.6 is 0 Å². The van der Waals surface area contributed by atoms with Crippen LogP contribution in [0.25, 0.3) is 0 Å². The van der Waals surface area contributed by atoms with Crippen LogP contribution in [0.2, 0.25) is 0 Å². The number of hydrogen-bond donors (Lipinski definition) is 2. The minimum absolute atomic E-state index is 0.419. The van der Waals surface area contributed by atoms with Crippen LogP contribution in [0.4, 0.5) is 11.4 Å². The Balaban J connectivity index is 2.52. The Morgan fingerprint density at radius 3 is 1.89 bits per heavy atom. The number of benzene rings is 2. The third-order valence-corrected chi connectivity index (χ3v) is 3.27. The first-order chi connectivity index (χ1) is 9.00. The van der Waals surface area contributed by atoms with Crippen molar-refractivity contribution in [3.63, 3.8) is 0 Å². The molecule has 2 aromatic carbocycles. The van der Waals surface area contributed by atoms with Crippen molar-refractivity contribution in [1.29, 1.82) is 0 Å². The number of nitrogens with one attached hydrogen (secondary N) is 1. The van der Waals surface area contributed by atoms with E-state index in [9.17, 15) is 4.79 Å². The maximum absolute atomic E-state index is 11.5. The van der Waals surface area contributed by atoms with Gasteiger partial charge < -0.3 is 11.1 Å². The molecule has 0 aliphatic rings. The summed E-state index contributed by atoms with van der Waals surface area (Å²) in [5.74, 6) is -0.419. The highest BCUT2D eigenvalue weighted by Gasteiger charge is 2.12. The van der Waals surface area contributed by atoms with Crippen molar-refractivity contribution in [3.8, 4) is 0 Å². The number of hydrogen-bond acceptors (Lipinski definition) is 2. The minimum atomic E-state index is -0.419. The van der Waals surface area contributed by atoms with Crippen LogP contribution in [0.5, 0.6) is 0 Å². The molecule has 98 valence electrons. The van der Waals surface area contributed by atoms with E-state index in [4.69, 9.17) is 5.73 Å². The van der Waals surface area contributed by atoms with Crippen molar-refractivity contribution < 1.29 is 4.79 Å². The van der Waals surface area contributed by atoms with E-state index in [1.807, 2.05) is 51.1 Å². The van der Waals surface area contributed by atoms with E-state index < -0.39 is 5.91 Å². The van der Waals surface area contributed by atoms with Crippen LogP contribution in [0.15, 0.2) is 36.4 Å². The predicted octanol–water partition coefficient (Wildman–Crippen LogP) is 3.45. The van der Waals surface area contributed by atoms with Crippen molar-refractivity contribution in [1.82, 2.24) is 0 Å². The molecule has 0 heterocycles. The predicted molar refractivity (Wildman–Crippen MR) is 78.9 cm³/mol. The molecule has 19 heavy (non-hydrogen) atoms. The van der Waals surface area contributed by atoms with Crippen molar-refractivity contribution in [2.24, 2.45) is 5.73 Å². The summed E-state index contributed by atoms with van der Waals surface area (Å²) in [5, 5.41) is 3.36. The van der Waals surface area contributed by atoms with Gasteiger partial charge in [0.05, 0.1) is 11.3 Å². The summed E-state index contributed by atoms with van der Waals surface area (Å²) in [4.78, 5) is 11.5. The maximum atomic E-state index is 11.5. The summed E-state index contributed by atoms with van der Waals surface area (Å²) in [7, 11) is 0. The van der Waals surface area contributed by atoms with Crippen LogP contribution in [-0.4, -0.2) is 5.91 Å². The molecule has 0 saturated carbocycles. The number of amides is 1. The number of carbonyl (C=O) groups excluding carboxylic acids is 1. The van der Waals surface area contributed by atoms with Gasteiger partial charge in [-0.25, -0.2) is 0 Å². The van der Waals surface area contributed by atoms with Crippen LogP contribution < -0.4 is 11.1 Å². The first-order valence-corrected chi connectivity index (χ1v) is 6.23. The normalized spacial score (nSPS) is 10.3. The first kappa shape index (κ1) is 13.1. The molecule has 2 aromatic rings. The molecule has 0 fully saturated rings. The van der Waals surface area contributed by atoms with E-state index in [1.165, 1.54) is 0 Å². The van der Waals surface area contributed by atoms with Crippen molar-refractivity contribution in [2.45, 2.75) is 20.8 Å². The minimum Gasteiger partial charge on any atom is -0.366 e. The van der Waals surface area contributed by atoms with E-state index in [0.29, 0.717) is 5.56 Å². The summed E-state index contributed by atoms with van der Waals surface area (Å²) in [6.07, 6.45) is 0. The van der Waals surface area contributed by atoms with Crippen LogP contribution in [0.1, 0.15) is 27.0 Å². The van der Waals surface area contributed by atoms with Crippen LogP contribution in [0.3, 0.4) is 0 Å². The molecule has 1 amide bonds. The van der Waals surface area contributed by atoms with Gasteiger partial charge in [0.2, 0.25) is 0 Å². The molecule has 0 aliphatic heterocycles. The van der Waals surface area contributed by atoms with Gasteiger partial charge >= 0.3 is 0 Å². The molecule has 3 nitrogen and oxygen atoms in total. The van der Waals surface area contributed by atoms with Crippen molar-refractivity contribution in [2.75, 3.05) is 5.32 Å². The Kier molecular flexibility index (Phi) is 3.56. The largest absolute Gasteiger partial charge is 0.366 e. The number of anilines is 2.